The van der Waals surface area contributed by atoms with E-state index in [0.29, 0.717) is 21.3 Å². The molecule has 0 bridgehead atoms. The number of methoxy groups -OCH3 is 1. The van der Waals surface area contributed by atoms with Crippen molar-refractivity contribution in [1.82, 2.24) is 10.3 Å². The zero-order valence-corrected chi connectivity index (χ0v) is 16.6. The van der Waals surface area contributed by atoms with Crippen molar-refractivity contribution in [3.8, 4) is 17.0 Å². The molecular formula is C21H18N2O5S. The SMILES string of the molecule is COc1ccccc1C(=O)NC(=O)COC(=O)c1sc(C)nc1-c1ccccc1. The second kappa shape index (κ2) is 9.11. The third-order valence-electron chi connectivity index (χ3n) is 3.91. The van der Waals surface area contributed by atoms with E-state index in [9.17, 15) is 14.4 Å². The molecule has 0 unspecified atom stereocenters. The third-order valence-corrected chi connectivity index (χ3v) is 4.86. The number of benzene rings is 2. The standard InChI is InChI=1S/C21H18N2O5S/c1-13-22-18(14-8-4-3-5-9-14)19(29-13)21(26)28-12-17(24)23-20(25)15-10-6-7-11-16(15)27-2/h3-11H,12H2,1-2H3,(H,23,24,25). The Labute approximate surface area is 171 Å². The van der Waals surface area contributed by atoms with Crippen LogP contribution >= 0.6 is 11.3 Å². The number of rotatable bonds is 6. The van der Waals surface area contributed by atoms with Crippen molar-refractivity contribution in [2.45, 2.75) is 6.92 Å². The topological polar surface area (TPSA) is 94.6 Å². The molecule has 0 radical (unpaired) electrons. The highest BCUT2D eigenvalue weighted by Gasteiger charge is 2.21. The highest BCUT2D eigenvalue weighted by atomic mass is 32.1. The fourth-order valence-corrected chi connectivity index (χ4v) is 3.45. The lowest BCUT2D eigenvalue weighted by atomic mass is 10.1. The second-order valence-corrected chi connectivity index (χ2v) is 7.13. The van der Waals surface area contributed by atoms with E-state index in [2.05, 4.69) is 10.3 Å². The Bertz CT molecular complexity index is 1050. The zero-order valence-electron chi connectivity index (χ0n) is 15.8. The van der Waals surface area contributed by atoms with Gasteiger partial charge in [0.2, 0.25) is 0 Å². The maximum absolute atomic E-state index is 12.5. The van der Waals surface area contributed by atoms with Crippen LogP contribution in [0.5, 0.6) is 5.75 Å². The number of carbonyl (C=O) groups is 3. The van der Waals surface area contributed by atoms with Gasteiger partial charge >= 0.3 is 5.97 Å². The molecule has 0 spiro atoms. The first-order valence-corrected chi connectivity index (χ1v) is 9.48. The van der Waals surface area contributed by atoms with Crippen LogP contribution in [0.25, 0.3) is 11.3 Å². The molecule has 0 aliphatic carbocycles. The van der Waals surface area contributed by atoms with Crippen LogP contribution < -0.4 is 10.1 Å². The molecule has 2 aromatic carbocycles. The van der Waals surface area contributed by atoms with E-state index in [4.69, 9.17) is 9.47 Å². The number of esters is 1. The Balaban J connectivity index is 1.64. The number of aromatic nitrogens is 1. The highest BCUT2D eigenvalue weighted by molar-refractivity contribution is 7.14. The number of amides is 2. The van der Waals surface area contributed by atoms with Crippen molar-refractivity contribution in [2.75, 3.05) is 13.7 Å². The Hall–Kier alpha value is -3.52. The maximum atomic E-state index is 12.5. The number of ether oxygens (including phenoxy) is 2. The van der Waals surface area contributed by atoms with Crippen molar-refractivity contribution in [1.29, 1.82) is 0 Å². The molecule has 0 saturated heterocycles. The van der Waals surface area contributed by atoms with Crippen molar-refractivity contribution in [2.24, 2.45) is 0 Å². The molecule has 0 atom stereocenters. The molecule has 1 N–H and O–H groups in total. The minimum absolute atomic E-state index is 0.208. The van der Waals surface area contributed by atoms with E-state index < -0.39 is 24.4 Å². The summed E-state index contributed by atoms with van der Waals surface area (Å²) in [5.41, 5.74) is 1.49. The average Bonchev–Trinajstić information content (AvgIpc) is 3.14. The van der Waals surface area contributed by atoms with Gasteiger partial charge in [0.05, 0.1) is 23.4 Å². The summed E-state index contributed by atoms with van der Waals surface area (Å²) in [5.74, 6) is -1.71. The van der Waals surface area contributed by atoms with Crippen molar-refractivity contribution in [3.63, 3.8) is 0 Å². The fraction of sp³-hybridized carbons (Fsp3) is 0.143. The quantitative estimate of drug-likeness (QED) is 0.627. The van der Waals surface area contributed by atoms with Gasteiger partial charge < -0.3 is 9.47 Å². The van der Waals surface area contributed by atoms with Gasteiger partial charge in [0.1, 0.15) is 10.6 Å². The molecule has 2 amide bonds. The Kier molecular flexibility index (Phi) is 6.36. The van der Waals surface area contributed by atoms with Gasteiger partial charge in [-0.3, -0.25) is 14.9 Å². The first-order valence-electron chi connectivity index (χ1n) is 8.66. The van der Waals surface area contributed by atoms with Crippen molar-refractivity contribution in [3.05, 3.63) is 70.0 Å². The van der Waals surface area contributed by atoms with E-state index in [1.807, 2.05) is 30.3 Å². The Morgan fingerprint density at radius 3 is 2.45 bits per heavy atom. The van der Waals surface area contributed by atoms with Gasteiger partial charge in [-0.25, -0.2) is 9.78 Å². The lowest BCUT2D eigenvalue weighted by Crippen LogP contribution is -2.34. The minimum Gasteiger partial charge on any atom is -0.496 e. The summed E-state index contributed by atoms with van der Waals surface area (Å²) >= 11 is 1.18. The molecular weight excluding hydrogens is 392 g/mol. The Morgan fingerprint density at radius 2 is 1.72 bits per heavy atom. The highest BCUT2D eigenvalue weighted by Crippen LogP contribution is 2.28. The Morgan fingerprint density at radius 1 is 1.03 bits per heavy atom. The first-order chi connectivity index (χ1) is 14.0. The number of carbonyl (C=O) groups excluding carboxylic acids is 3. The number of nitrogens with zero attached hydrogens (tertiary/aromatic N) is 1. The van der Waals surface area contributed by atoms with Gasteiger partial charge in [0.25, 0.3) is 11.8 Å². The lowest BCUT2D eigenvalue weighted by Gasteiger charge is -2.08. The van der Waals surface area contributed by atoms with Gasteiger partial charge in [-0.2, -0.15) is 0 Å². The first kappa shape index (κ1) is 20.2. The molecule has 3 aromatic rings. The van der Waals surface area contributed by atoms with Crippen LogP contribution in [-0.2, 0) is 9.53 Å². The van der Waals surface area contributed by atoms with Crippen molar-refractivity contribution >= 4 is 29.1 Å². The number of imide groups is 1. The van der Waals surface area contributed by atoms with Gasteiger partial charge in [0, 0.05) is 5.56 Å². The van der Waals surface area contributed by atoms with Crippen LogP contribution in [-0.4, -0.2) is 36.5 Å². The van der Waals surface area contributed by atoms with Crippen LogP contribution in [0.15, 0.2) is 54.6 Å². The van der Waals surface area contributed by atoms with Crippen LogP contribution in [0.4, 0.5) is 0 Å². The summed E-state index contributed by atoms with van der Waals surface area (Å²) in [6.45, 7) is 1.19. The summed E-state index contributed by atoms with van der Waals surface area (Å²) < 4.78 is 10.2. The van der Waals surface area contributed by atoms with Gasteiger partial charge in [-0.05, 0) is 19.1 Å². The summed E-state index contributed by atoms with van der Waals surface area (Å²) in [5, 5.41) is 2.88. The summed E-state index contributed by atoms with van der Waals surface area (Å²) in [6.07, 6.45) is 0. The fourth-order valence-electron chi connectivity index (χ4n) is 2.62. The van der Waals surface area contributed by atoms with E-state index in [1.54, 1.807) is 25.1 Å². The number of hydrogen-bond acceptors (Lipinski definition) is 7. The molecule has 1 heterocycles. The van der Waals surface area contributed by atoms with E-state index in [1.165, 1.54) is 24.5 Å². The average molecular weight is 410 g/mol. The van der Waals surface area contributed by atoms with Crippen molar-refractivity contribution < 1.29 is 23.9 Å². The van der Waals surface area contributed by atoms with Crippen LogP contribution in [0.3, 0.4) is 0 Å². The predicted octanol–water partition coefficient (Wildman–Crippen LogP) is 3.24. The van der Waals surface area contributed by atoms with Crippen LogP contribution in [0, 0.1) is 6.92 Å². The molecule has 0 aliphatic heterocycles. The smallest absolute Gasteiger partial charge is 0.351 e. The van der Waals surface area contributed by atoms with E-state index >= 15 is 0 Å². The van der Waals surface area contributed by atoms with Crippen LogP contribution in [0.2, 0.25) is 0 Å². The number of hydrogen-bond donors (Lipinski definition) is 1. The molecule has 3 rings (SSSR count). The molecule has 1 aromatic heterocycles. The number of para-hydroxylation sites is 1. The number of aryl methyl sites for hydroxylation is 1. The van der Waals surface area contributed by atoms with Crippen LogP contribution in [0.1, 0.15) is 25.0 Å². The zero-order chi connectivity index (χ0) is 20.8. The maximum Gasteiger partial charge on any atom is 0.351 e. The normalized spacial score (nSPS) is 10.3. The van der Waals surface area contributed by atoms with Gasteiger partial charge in [-0.15, -0.1) is 11.3 Å². The molecule has 0 saturated carbocycles. The molecule has 0 fully saturated rings. The third kappa shape index (κ3) is 4.85. The van der Waals surface area contributed by atoms with E-state index in [-0.39, 0.29) is 5.56 Å². The molecule has 8 heteroatoms. The second-order valence-electron chi connectivity index (χ2n) is 5.93. The number of thiazole rings is 1. The van der Waals surface area contributed by atoms with Gasteiger partial charge in [0.15, 0.2) is 6.61 Å². The summed E-state index contributed by atoms with van der Waals surface area (Å²) in [6, 6.07) is 15.7. The molecule has 0 aliphatic rings. The summed E-state index contributed by atoms with van der Waals surface area (Å²) in [7, 11) is 1.43. The van der Waals surface area contributed by atoms with E-state index in [0.717, 1.165) is 5.56 Å². The lowest BCUT2D eigenvalue weighted by molar-refractivity contribution is -0.123. The monoisotopic (exact) mass is 410 g/mol. The largest absolute Gasteiger partial charge is 0.496 e. The molecule has 29 heavy (non-hydrogen) atoms. The molecule has 7 nitrogen and oxygen atoms in total. The minimum atomic E-state index is -0.739. The summed E-state index contributed by atoms with van der Waals surface area (Å²) in [4.78, 5) is 41.5. The molecule has 148 valence electrons. The van der Waals surface area contributed by atoms with Gasteiger partial charge in [-0.1, -0.05) is 42.5 Å². The number of nitrogens with one attached hydrogen (secondary N) is 1. The predicted molar refractivity (Wildman–Crippen MR) is 108 cm³/mol.